The molecule has 12 nitrogen and oxygen atoms in total. The Bertz CT molecular complexity index is 1060. The third kappa shape index (κ3) is 12.0. The molecule has 241 valence electrons. The number of amides is 5. The van der Waals surface area contributed by atoms with E-state index in [-0.39, 0.29) is 101 Å². The summed E-state index contributed by atoms with van der Waals surface area (Å²) in [5, 5.41) is 8.52. The van der Waals surface area contributed by atoms with Gasteiger partial charge in [-0.3, -0.25) is 19.8 Å². The molecule has 0 bridgehead atoms. The third-order valence-corrected chi connectivity index (χ3v) is 8.36. The number of carbonyl (C=O) groups excluding carboxylic acids is 4. The van der Waals surface area contributed by atoms with Crippen LogP contribution in [0.15, 0.2) is 30.3 Å². The Morgan fingerprint density at radius 1 is 1.09 bits per heavy atom. The molecule has 5 amide bonds. The summed E-state index contributed by atoms with van der Waals surface area (Å²) in [4.78, 5) is 52.2. The van der Waals surface area contributed by atoms with Gasteiger partial charge in [0.15, 0.2) is 0 Å². The molecule has 1 saturated heterocycles. The van der Waals surface area contributed by atoms with Crippen molar-refractivity contribution in [3.63, 3.8) is 0 Å². The van der Waals surface area contributed by atoms with Crippen LogP contribution in [0.1, 0.15) is 66.3 Å². The number of nitrogens with one attached hydrogen (secondary N) is 6. The van der Waals surface area contributed by atoms with E-state index in [1.54, 1.807) is 13.6 Å². The molecular formula is C31H50KN7O5-. The molecule has 2 fully saturated rings. The van der Waals surface area contributed by atoms with Crippen LogP contribution in [0.25, 0.3) is 5.73 Å². The van der Waals surface area contributed by atoms with E-state index in [2.05, 4.69) is 26.8 Å². The standard InChI is InChI=1S/C31H49N7O5.K.H/c1-5-24(17-35-37-31(42)34-16-21-11-13-23(14-12-21)28(39)33-4)36-29(40)26-15-25(43-19-22-9-7-6-8-10-22)18-38(26)30(41)27(32)20(2)3;;/h6-10,17,20-21,23-27,32,35H,5,11-16,18-19H2,1-4H3,(H,33,39)(H,36,40)(H2,34,37,42);;/q-1;+1;-1/t21?,23?,24-,25+,26-,27-;;/m0../s1/i;;1+2. The fourth-order valence-corrected chi connectivity index (χ4v) is 5.52. The molecule has 1 aromatic rings. The van der Waals surface area contributed by atoms with Crippen molar-refractivity contribution in [1.82, 2.24) is 31.7 Å². The van der Waals surface area contributed by atoms with Crippen LogP contribution in [0.3, 0.4) is 0 Å². The van der Waals surface area contributed by atoms with Crippen LogP contribution >= 0.6 is 0 Å². The van der Waals surface area contributed by atoms with Gasteiger partial charge in [0.25, 0.3) is 0 Å². The van der Waals surface area contributed by atoms with Crippen molar-refractivity contribution >= 4 is 23.8 Å². The van der Waals surface area contributed by atoms with Crippen LogP contribution < -0.4 is 78.2 Å². The Morgan fingerprint density at radius 3 is 2.39 bits per heavy atom. The Morgan fingerprint density at radius 2 is 1.77 bits per heavy atom. The van der Waals surface area contributed by atoms with E-state index in [9.17, 15) is 19.2 Å². The largest absolute Gasteiger partial charge is 1.00 e. The minimum atomic E-state index is -0.966. The van der Waals surface area contributed by atoms with Crippen LogP contribution in [0.5, 0.6) is 0 Å². The van der Waals surface area contributed by atoms with Crippen molar-refractivity contribution in [3.8, 4) is 0 Å². The first kappa shape index (κ1) is 38.6. The summed E-state index contributed by atoms with van der Waals surface area (Å²) in [7, 11) is 1.66. The van der Waals surface area contributed by atoms with E-state index in [1.807, 2.05) is 51.1 Å². The van der Waals surface area contributed by atoms with Gasteiger partial charge >= 0.3 is 57.4 Å². The minimum Gasteiger partial charge on any atom is -1.00 e. The van der Waals surface area contributed by atoms with Gasteiger partial charge in [0.2, 0.25) is 17.7 Å². The second kappa shape index (κ2) is 19.8. The van der Waals surface area contributed by atoms with E-state index < -0.39 is 18.1 Å². The van der Waals surface area contributed by atoms with Gasteiger partial charge in [-0.25, -0.2) is 10.2 Å². The minimum absolute atomic E-state index is 0. The fourth-order valence-electron chi connectivity index (χ4n) is 5.52. The average Bonchev–Trinajstić information content (AvgIpc) is 3.46. The molecule has 1 aliphatic carbocycles. The fraction of sp³-hybridized carbons (Fsp3) is 0.645. The number of carbonyl (C=O) groups is 4. The number of hydrazine groups is 1. The Labute approximate surface area is 306 Å². The van der Waals surface area contributed by atoms with Gasteiger partial charge in [0.1, 0.15) is 6.04 Å². The molecule has 1 radical (unpaired) electrons. The average molecular weight is 642 g/mol. The van der Waals surface area contributed by atoms with Crippen molar-refractivity contribution in [2.45, 2.75) is 90.1 Å². The summed E-state index contributed by atoms with van der Waals surface area (Å²) >= 11 is 0. The van der Waals surface area contributed by atoms with Crippen molar-refractivity contribution < 1.29 is 76.7 Å². The first-order valence-corrected chi connectivity index (χ1v) is 15.4. The summed E-state index contributed by atoms with van der Waals surface area (Å²) in [5.74, 6) is -0.418. The van der Waals surface area contributed by atoms with E-state index in [1.165, 1.54) is 4.90 Å². The van der Waals surface area contributed by atoms with Crippen LogP contribution in [-0.4, -0.2) is 73.0 Å². The zero-order valence-electron chi connectivity index (χ0n) is 27.9. The first-order chi connectivity index (χ1) is 20.6. The summed E-state index contributed by atoms with van der Waals surface area (Å²) in [5.41, 5.74) is 14.7. The van der Waals surface area contributed by atoms with Crippen LogP contribution in [-0.2, 0) is 25.7 Å². The second-order valence-electron chi connectivity index (χ2n) is 11.9. The number of ether oxygens (including phenoxy) is 1. The maximum atomic E-state index is 13.4. The van der Waals surface area contributed by atoms with E-state index in [0.29, 0.717) is 31.9 Å². The molecule has 4 atom stereocenters. The predicted molar refractivity (Wildman–Crippen MR) is 165 cm³/mol. The third-order valence-electron chi connectivity index (χ3n) is 8.36. The van der Waals surface area contributed by atoms with Gasteiger partial charge in [-0.15, -0.1) is 0 Å². The van der Waals surface area contributed by atoms with Gasteiger partial charge in [0, 0.05) is 38.5 Å². The van der Waals surface area contributed by atoms with Crippen molar-refractivity contribution in [3.05, 3.63) is 48.2 Å². The Kier molecular flexibility index (Phi) is 17.4. The summed E-state index contributed by atoms with van der Waals surface area (Å²) < 4.78 is 6.07. The molecular weight excluding hydrogens is 589 g/mol. The zero-order chi connectivity index (χ0) is 31.4. The summed E-state index contributed by atoms with van der Waals surface area (Å²) in [6.45, 7) is 8.28. The number of benzene rings is 1. The molecule has 0 aromatic heterocycles. The van der Waals surface area contributed by atoms with Gasteiger partial charge < -0.3 is 32.7 Å². The first-order valence-electron chi connectivity index (χ1n) is 15.4. The molecule has 13 heteroatoms. The Balaban J connectivity index is 0.00000506. The second-order valence-corrected chi connectivity index (χ2v) is 11.9. The number of urea groups is 1. The molecule has 1 aliphatic heterocycles. The molecule has 6 N–H and O–H groups in total. The maximum absolute atomic E-state index is 13.4. The van der Waals surface area contributed by atoms with Crippen LogP contribution in [0, 0.1) is 24.3 Å². The van der Waals surface area contributed by atoms with Crippen molar-refractivity contribution in [1.29, 1.82) is 0 Å². The van der Waals surface area contributed by atoms with E-state index in [0.717, 1.165) is 31.2 Å². The van der Waals surface area contributed by atoms with E-state index >= 15 is 0 Å². The number of rotatable bonds is 14. The van der Waals surface area contributed by atoms with Crippen molar-refractivity contribution in [2.24, 2.45) is 17.8 Å². The number of likely N-dealkylation sites (tertiary alicyclic amines) is 1. The van der Waals surface area contributed by atoms with Gasteiger partial charge in [-0.05, 0) is 43.6 Å². The molecule has 2 aliphatic rings. The zero-order valence-corrected chi connectivity index (χ0v) is 30.0. The molecule has 0 spiro atoms. The smallest absolute Gasteiger partial charge is 1.00 e. The molecule has 0 unspecified atom stereocenters. The Hall–Kier alpha value is -1.58. The van der Waals surface area contributed by atoms with Crippen molar-refractivity contribution in [2.75, 3.05) is 20.1 Å². The molecule has 1 saturated carbocycles. The number of nitrogens with zero attached hydrogens (tertiary/aromatic N) is 1. The monoisotopic (exact) mass is 641 g/mol. The topological polar surface area (TPSA) is 165 Å². The molecule has 1 heterocycles. The van der Waals surface area contributed by atoms with Crippen LogP contribution in [0.2, 0.25) is 0 Å². The molecule has 44 heavy (non-hydrogen) atoms. The molecule has 3 rings (SSSR count). The van der Waals surface area contributed by atoms with Crippen LogP contribution in [0.4, 0.5) is 4.79 Å². The van der Waals surface area contributed by atoms with Gasteiger partial charge in [-0.2, -0.15) is 0 Å². The van der Waals surface area contributed by atoms with E-state index in [4.69, 9.17) is 10.5 Å². The van der Waals surface area contributed by atoms with Gasteiger partial charge in [-0.1, -0.05) is 63.1 Å². The predicted octanol–water partition coefficient (Wildman–Crippen LogP) is -0.221. The SMILES string of the molecule is CC[C@@H]([CH]NNC(=O)NCC1CCC(C(=O)NC)CC1)NC(=O)[C@@H]1C[C@@H](OCc2ccccc2)CN1C(=O)[C@@H]([NH-])C(C)C.[3H-].[K+]. The van der Waals surface area contributed by atoms with Gasteiger partial charge in [0.05, 0.1) is 19.3 Å². The summed E-state index contributed by atoms with van der Waals surface area (Å²) in [6, 6.07) is 7.21. The summed E-state index contributed by atoms with van der Waals surface area (Å²) in [6.07, 6.45) is 3.98. The quantitative estimate of drug-likeness (QED) is 0.139. The number of hydrogen-bond donors (Lipinski definition) is 5. The molecule has 1 aromatic carbocycles. The number of hydrogen-bond acceptors (Lipinski definition) is 6. The maximum Gasteiger partial charge on any atom is 1.00 e. The normalized spacial score (nSPS) is 22.8.